The molecule has 2 atom stereocenters. The van der Waals surface area contributed by atoms with E-state index in [4.69, 9.17) is 4.42 Å². The summed E-state index contributed by atoms with van der Waals surface area (Å²) in [7, 11) is 0. The maximum Gasteiger partial charge on any atom is 0.271 e. The number of hydrazone groups is 1. The lowest BCUT2D eigenvalue weighted by molar-refractivity contribution is -0.384. The Morgan fingerprint density at radius 1 is 1.35 bits per heavy atom. The molecule has 2 aromatic rings. The monoisotopic (exact) mass is 313 g/mol. The van der Waals surface area contributed by atoms with E-state index in [2.05, 4.69) is 17.5 Å². The number of benzene rings is 1. The van der Waals surface area contributed by atoms with Crippen molar-refractivity contribution in [1.29, 1.82) is 0 Å². The number of nitrogens with zero attached hydrogens (tertiary/aromatic N) is 2. The number of hydrogen-bond acceptors (Lipinski definition) is 5. The number of hydrogen-bond donors (Lipinski definition) is 1. The molecule has 0 spiro atoms. The van der Waals surface area contributed by atoms with Crippen LogP contribution >= 0.6 is 0 Å². The molecule has 1 fully saturated rings. The minimum Gasteiger partial charge on any atom is -0.460 e. The van der Waals surface area contributed by atoms with Crippen LogP contribution in [0.15, 0.2) is 45.9 Å². The Morgan fingerprint density at radius 3 is 2.65 bits per heavy atom. The van der Waals surface area contributed by atoms with Gasteiger partial charge in [0.05, 0.1) is 11.1 Å². The third kappa shape index (κ3) is 3.45. The first-order chi connectivity index (χ1) is 11.0. The van der Waals surface area contributed by atoms with E-state index in [0.717, 1.165) is 12.2 Å². The lowest BCUT2D eigenvalue weighted by Gasteiger charge is -1.98. The van der Waals surface area contributed by atoms with Crippen LogP contribution in [0.3, 0.4) is 0 Å². The third-order valence-corrected chi connectivity index (χ3v) is 3.82. The van der Waals surface area contributed by atoms with Crippen molar-refractivity contribution in [2.45, 2.75) is 19.3 Å². The Labute approximate surface area is 132 Å². The van der Waals surface area contributed by atoms with Crippen molar-refractivity contribution in [2.24, 2.45) is 11.0 Å². The zero-order valence-electron chi connectivity index (χ0n) is 12.4. The number of nitro groups is 1. The molecule has 1 amide bonds. The first-order valence-corrected chi connectivity index (χ1v) is 7.22. The van der Waals surface area contributed by atoms with Gasteiger partial charge in [-0.1, -0.05) is 6.92 Å². The second-order valence-electron chi connectivity index (χ2n) is 5.56. The zero-order chi connectivity index (χ0) is 16.4. The Kier molecular flexibility index (Phi) is 3.92. The first-order valence-electron chi connectivity index (χ1n) is 7.22. The maximum atomic E-state index is 11.9. The highest BCUT2D eigenvalue weighted by Gasteiger charge is 2.36. The molecule has 0 saturated heterocycles. The molecule has 23 heavy (non-hydrogen) atoms. The minimum atomic E-state index is -0.519. The molecule has 1 aromatic carbocycles. The molecule has 118 valence electrons. The number of non-ortho nitro benzene ring substituents is 1. The van der Waals surface area contributed by atoms with Crippen molar-refractivity contribution >= 4 is 17.8 Å². The van der Waals surface area contributed by atoms with Crippen molar-refractivity contribution in [2.75, 3.05) is 0 Å². The fourth-order valence-electron chi connectivity index (χ4n) is 2.31. The summed E-state index contributed by atoms with van der Waals surface area (Å²) in [4.78, 5) is 21.9. The van der Waals surface area contributed by atoms with E-state index < -0.39 is 10.8 Å². The molecule has 0 unspecified atom stereocenters. The van der Waals surface area contributed by atoms with Crippen LogP contribution in [0, 0.1) is 16.0 Å². The number of carbonyl (C=O) groups excluding carboxylic acids is 1. The Morgan fingerprint density at radius 2 is 2.04 bits per heavy atom. The lowest BCUT2D eigenvalue weighted by atomic mass is 10.2. The molecule has 7 heteroatoms. The molecule has 0 bridgehead atoms. The molecule has 1 N–H and O–H groups in total. The summed E-state index contributed by atoms with van der Waals surface area (Å²) in [6, 6.07) is 9.03. The fraction of sp³-hybridized carbons (Fsp3) is 0.250. The van der Waals surface area contributed by atoms with E-state index in [1.807, 2.05) is 12.1 Å². The third-order valence-electron chi connectivity index (χ3n) is 3.82. The Bertz CT molecular complexity index is 764. The second-order valence-corrected chi connectivity index (χ2v) is 5.56. The molecular formula is C16H15N3O4. The highest BCUT2D eigenvalue weighted by Crippen LogP contribution is 2.47. The molecular weight excluding hydrogens is 298 g/mol. The van der Waals surface area contributed by atoms with Crippen LogP contribution in [0.1, 0.15) is 41.1 Å². The van der Waals surface area contributed by atoms with Gasteiger partial charge in [0, 0.05) is 23.6 Å². The van der Waals surface area contributed by atoms with Crippen LogP contribution in [0.2, 0.25) is 0 Å². The van der Waals surface area contributed by atoms with Crippen LogP contribution in [0.5, 0.6) is 0 Å². The molecule has 1 heterocycles. The van der Waals surface area contributed by atoms with Crippen molar-refractivity contribution in [3.05, 3.63) is 63.6 Å². The lowest BCUT2D eigenvalue weighted by Crippen LogP contribution is -2.17. The number of nitrogens with one attached hydrogen (secondary N) is 1. The molecule has 1 aromatic heterocycles. The van der Waals surface area contributed by atoms with Gasteiger partial charge >= 0.3 is 0 Å². The van der Waals surface area contributed by atoms with Crippen LogP contribution in [0.4, 0.5) is 5.69 Å². The molecule has 0 aliphatic heterocycles. The normalized spacial score (nSPS) is 19.7. The zero-order valence-corrected chi connectivity index (χ0v) is 12.4. The van der Waals surface area contributed by atoms with Crippen LogP contribution in [-0.2, 0) is 0 Å². The average Bonchev–Trinajstić information content (AvgIpc) is 3.09. The van der Waals surface area contributed by atoms with Gasteiger partial charge in [-0.05, 0) is 36.6 Å². The number of furan rings is 1. The van der Waals surface area contributed by atoms with E-state index >= 15 is 0 Å². The molecule has 1 aliphatic rings. The van der Waals surface area contributed by atoms with Gasteiger partial charge in [0.2, 0.25) is 0 Å². The number of rotatable bonds is 5. The van der Waals surface area contributed by atoms with Crippen molar-refractivity contribution in [1.82, 2.24) is 5.43 Å². The van der Waals surface area contributed by atoms with Gasteiger partial charge in [-0.15, -0.1) is 0 Å². The SMILES string of the molecule is C[C@@H]1C[C@@H]1c1ccc(/C=N\NC(=O)c2ccc([N+](=O)[O-])cc2)o1. The van der Waals surface area contributed by atoms with Crippen molar-refractivity contribution in [3.63, 3.8) is 0 Å². The molecule has 1 saturated carbocycles. The largest absolute Gasteiger partial charge is 0.460 e. The van der Waals surface area contributed by atoms with E-state index in [9.17, 15) is 14.9 Å². The smallest absolute Gasteiger partial charge is 0.271 e. The summed E-state index contributed by atoms with van der Waals surface area (Å²) in [5, 5.41) is 14.4. The topological polar surface area (TPSA) is 97.7 Å². The summed E-state index contributed by atoms with van der Waals surface area (Å²) in [5.74, 6) is 2.22. The van der Waals surface area contributed by atoms with Crippen LogP contribution < -0.4 is 5.43 Å². The quantitative estimate of drug-likeness (QED) is 0.521. The minimum absolute atomic E-state index is 0.0672. The van der Waals surface area contributed by atoms with E-state index in [1.165, 1.54) is 30.5 Å². The number of amides is 1. The van der Waals surface area contributed by atoms with Gasteiger partial charge in [0.1, 0.15) is 11.5 Å². The predicted molar refractivity (Wildman–Crippen MR) is 83.4 cm³/mol. The standard InChI is InChI=1S/C16H15N3O4/c1-10-8-14(10)15-7-6-13(23-15)9-17-18-16(20)11-2-4-12(5-3-11)19(21)22/h2-7,9-10,14H,8H2,1H3,(H,18,20)/b17-9-/t10-,14+/m1/s1. The summed E-state index contributed by atoms with van der Waals surface area (Å²) in [6.45, 7) is 2.17. The number of carbonyl (C=O) groups is 1. The average molecular weight is 313 g/mol. The molecule has 0 radical (unpaired) electrons. The molecule has 1 aliphatic carbocycles. The fourth-order valence-corrected chi connectivity index (χ4v) is 2.31. The molecule has 3 rings (SSSR count). The molecule has 7 nitrogen and oxygen atoms in total. The number of nitro benzene ring substituents is 1. The summed E-state index contributed by atoms with van der Waals surface area (Å²) < 4.78 is 5.63. The Hall–Kier alpha value is -2.96. The van der Waals surface area contributed by atoms with Gasteiger partial charge in [0.25, 0.3) is 11.6 Å². The van der Waals surface area contributed by atoms with Crippen LogP contribution in [-0.4, -0.2) is 17.0 Å². The maximum absolute atomic E-state index is 11.9. The summed E-state index contributed by atoms with van der Waals surface area (Å²) in [5.41, 5.74) is 2.58. The highest BCUT2D eigenvalue weighted by atomic mass is 16.6. The van der Waals surface area contributed by atoms with E-state index in [-0.39, 0.29) is 5.69 Å². The van der Waals surface area contributed by atoms with Gasteiger partial charge in [-0.25, -0.2) is 5.43 Å². The predicted octanol–water partition coefficient (Wildman–Crippen LogP) is 3.08. The highest BCUT2D eigenvalue weighted by molar-refractivity contribution is 5.94. The van der Waals surface area contributed by atoms with Gasteiger partial charge < -0.3 is 4.42 Å². The summed E-state index contributed by atoms with van der Waals surface area (Å²) in [6.07, 6.45) is 2.57. The van der Waals surface area contributed by atoms with Gasteiger partial charge in [0.15, 0.2) is 0 Å². The summed E-state index contributed by atoms with van der Waals surface area (Å²) >= 11 is 0. The van der Waals surface area contributed by atoms with Gasteiger partial charge in [-0.2, -0.15) is 5.10 Å². The second kappa shape index (κ2) is 6.04. The van der Waals surface area contributed by atoms with Crippen molar-refractivity contribution in [3.8, 4) is 0 Å². The Balaban J connectivity index is 1.57. The van der Waals surface area contributed by atoms with Gasteiger partial charge in [-0.3, -0.25) is 14.9 Å². The van der Waals surface area contributed by atoms with Crippen LogP contribution in [0.25, 0.3) is 0 Å². The van der Waals surface area contributed by atoms with E-state index in [1.54, 1.807) is 0 Å². The first kappa shape index (κ1) is 15.0. The van der Waals surface area contributed by atoms with Crippen molar-refractivity contribution < 1.29 is 14.1 Å². The van der Waals surface area contributed by atoms with E-state index in [0.29, 0.717) is 23.2 Å².